The van der Waals surface area contributed by atoms with Gasteiger partial charge in [-0.05, 0) is 44.0 Å². The quantitative estimate of drug-likeness (QED) is 0.548. The maximum absolute atomic E-state index is 12.8. The highest BCUT2D eigenvalue weighted by Crippen LogP contribution is 2.28. The van der Waals surface area contributed by atoms with Crippen molar-refractivity contribution in [2.75, 3.05) is 20.8 Å². The Morgan fingerprint density at radius 3 is 2.60 bits per heavy atom. The van der Waals surface area contributed by atoms with E-state index in [2.05, 4.69) is 4.98 Å². The first-order chi connectivity index (χ1) is 14.4. The summed E-state index contributed by atoms with van der Waals surface area (Å²) in [4.78, 5) is 33.6. The van der Waals surface area contributed by atoms with Crippen molar-refractivity contribution in [2.45, 2.75) is 40.3 Å². The zero-order valence-electron chi connectivity index (χ0n) is 18.0. The van der Waals surface area contributed by atoms with Gasteiger partial charge >= 0.3 is 0 Å². The smallest absolute Gasteiger partial charge is 0.262 e. The fourth-order valence-electron chi connectivity index (χ4n) is 3.38. The van der Waals surface area contributed by atoms with Crippen molar-refractivity contribution in [2.24, 2.45) is 0 Å². The fraction of sp³-hybridized carbons (Fsp3) is 0.409. The lowest BCUT2D eigenvalue weighted by molar-refractivity contribution is -0.131. The van der Waals surface area contributed by atoms with Crippen LogP contribution in [-0.4, -0.2) is 41.1 Å². The number of carbonyl (C=O) groups is 1. The van der Waals surface area contributed by atoms with E-state index in [4.69, 9.17) is 9.47 Å². The molecule has 0 bridgehead atoms. The summed E-state index contributed by atoms with van der Waals surface area (Å²) in [6.07, 6.45) is 1.77. The molecule has 0 radical (unpaired) electrons. The molecule has 0 atom stereocenters. The summed E-state index contributed by atoms with van der Waals surface area (Å²) in [5, 5.41) is 0.658. The minimum atomic E-state index is -0.0856. The van der Waals surface area contributed by atoms with Crippen molar-refractivity contribution in [3.05, 3.63) is 50.9 Å². The molecule has 0 aliphatic carbocycles. The zero-order valence-corrected chi connectivity index (χ0v) is 18.8. The molecule has 0 spiro atoms. The number of nitrogens with zero attached hydrogens (tertiary/aromatic N) is 3. The normalized spacial score (nSPS) is 11.0. The predicted octanol–water partition coefficient (Wildman–Crippen LogP) is 3.53. The molecule has 1 amide bonds. The molecule has 3 rings (SSSR count). The van der Waals surface area contributed by atoms with E-state index in [1.54, 1.807) is 19.1 Å². The number of rotatable bonds is 8. The molecule has 160 valence electrons. The number of aromatic nitrogens is 2. The standard InChI is InChI=1S/C22H27N3O4S/c1-6-24(12-16-7-8-17(28-4)18(11-16)29-5)19(26)9-10-25-13-23-21-20(22(25)27)14(2)15(3)30-21/h7-8,11,13H,6,9-10,12H2,1-5H3. The summed E-state index contributed by atoms with van der Waals surface area (Å²) in [7, 11) is 3.18. The van der Waals surface area contributed by atoms with E-state index >= 15 is 0 Å². The second-order valence-corrected chi connectivity index (χ2v) is 8.26. The van der Waals surface area contributed by atoms with Crippen LogP contribution >= 0.6 is 11.3 Å². The Balaban J connectivity index is 1.72. The van der Waals surface area contributed by atoms with Crippen LogP contribution < -0.4 is 15.0 Å². The molecule has 0 fully saturated rings. The Labute approximate surface area is 179 Å². The SMILES string of the molecule is CCN(Cc1ccc(OC)c(OC)c1)C(=O)CCn1cnc2sc(C)c(C)c2c1=O. The molecule has 0 unspecified atom stereocenters. The number of hydrogen-bond acceptors (Lipinski definition) is 6. The first kappa shape index (κ1) is 21.8. The molecule has 0 aliphatic rings. The summed E-state index contributed by atoms with van der Waals surface area (Å²) in [6, 6.07) is 5.62. The van der Waals surface area contributed by atoms with Gasteiger partial charge in [-0.2, -0.15) is 0 Å². The summed E-state index contributed by atoms with van der Waals surface area (Å²) in [5.41, 5.74) is 1.84. The van der Waals surface area contributed by atoms with Crippen molar-refractivity contribution < 1.29 is 14.3 Å². The average Bonchev–Trinajstić information content (AvgIpc) is 3.05. The van der Waals surface area contributed by atoms with Gasteiger partial charge in [0.25, 0.3) is 5.56 Å². The van der Waals surface area contributed by atoms with Gasteiger partial charge in [0, 0.05) is 30.9 Å². The number of amides is 1. The summed E-state index contributed by atoms with van der Waals surface area (Å²) < 4.78 is 12.1. The van der Waals surface area contributed by atoms with Crippen LogP contribution in [0.3, 0.4) is 0 Å². The minimum Gasteiger partial charge on any atom is -0.493 e. The maximum atomic E-state index is 12.8. The van der Waals surface area contributed by atoms with Crippen molar-refractivity contribution in [1.82, 2.24) is 14.5 Å². The van der Waals surface area contributed by atoms with E-state index in [1.165, 1.54) is 22.2 Å². The Bertz CT molecular complexity index is 1120. The Morgan fingerprint density at radius 1 is 1.20 bits per heavy atom. The number of fused-ring (bicyclic) bond motifs is 1. The highest BCUT2D eigenvalue weighted by molar-refractivity contribution is 7.18. The van der Waals surface area contributed by atoms with Gasteiger partial charge in [-0.1, -0.05) is 6.07 Å². The van der Waals surface area contributed by atoms with Crippen LogP contribution in [-0.2, 0) is 17.9 Å². The van der Waals surface area contributed by atoms with Gasteiger partial charge in [0.05, 0.1) is 25.9 Å². The molecule has 2 heterocycles. The summed E-state index contributed by atoms with van der Waals surface area (Å²) >= 11 is 1.52. The largest absolute Gasteiger partial charge is 0.493 e. The highest BCUT2D eigenvalue weighted by Gasteiger charge is 2.16. The molecule has 0 saturated carbocycles. The third-order valence-corrected chi connectivity index (χ3v) is 6.39. The lowest BCUT2D eigenvalue weighted by Crippen LogP contribution is -2.32. The first-order valence-electron chi connectivity index (χ1n) is 9.83. The average molecular weight is 430 g/mol. The fourth-order valence-corrected chi connectivity index (χ4v) is 4.37. The zero-order chi connectivity index (χ0) is 21.8. The van der Waals surface area contributed by atoms with Crippen LogP contribution in [0.1, 0.15) is 29.3 Å². The van der Waals surface area contributed by atoms with Crippen LogP contribution in [0.25, 0.3) is 10.2 Å². The number of carbonyl (C=O) groups excluding carboxylic acids is 1. The van der Waals surface area contributed by atoms with Crippen LogP contribution in [0.2, 0.25) is 0 Å². The summed E-state index contributed by atoms with van der Waals surface area (Å²) in [6.45, 7) is 7.21. The summed E-state index contributed by atoms with van der Waals surface area (Å²) in [5.74, 6) is 1.26. The number of methoxy groups -OCH3 is 2. The second-order valence-electron chi connectivity index (χ2n) is 7.05. The number of hydrogen-bond donors (Lipinski definition) is 0. The number of ether oxygens (including phenoxy) is 2. The molecule has 0 saturated heterocycles. The van der Waals surface area contributed by atoms with E-state index in [-0.39, 0.29) is 17.9 Å². The minimum absolute atomic E-state index is 0.0162. The van der Waals surface area contributed by atoms with Crippen molar-refractivity contribution in [3.63, 3.8) is 0 Å². The van der Waals surface area contributed by atoms with E-state index < -0.39 is 0 Å². The molecule has 7 nitrogen and oxygen atoms in total. The number of thiophene rings is 1. The lowest BCUT2D eigenvalue weighted by atomic mass is 10.1. The Kier molecular flexibility index (Phi) is 6.77. The van der Waals surface area contributed by atoms with E-state index in [1.807, 2.05) is 39.0 Å². The molecule has 0 N–H and O–H groups in total. The predicted molar refractivity (Wildman–Crippen MR) is 119 cm³/mol. The lowest BCUT2D eigenvalue weighted by Gasteiger charge is -2.22. The van der Waals surface area contributed by atoms with E-state index in [9.17, 15) is 9.59 Å². The molecular formula is C22H27N3O4S. The second kappa shape index (κ2) is 9.30. The van der Waals surface area contributed by atoms with Gasteiger partial charge in [-0.25, -0.2) is 4.98 Å². The van der Waals surface area contributed by atoms with Crippen molar-refractivity contribution >= 4 is 27.5 Å². The van der Waals surface area contributed by atoms with Crippen LogP contribution in [0.15, 0.2) is 29.3 Å². The van der Waals surface area contributed by atoms with Gasteiger partial charge in [0.2, 0.25) is 5.91 Å². The third-order valence-electron chi connectivity index (χ3n) is 5.28. The molecular weight excluding hydrogens is 402 g/mol. The molecule has 3 aromatic rings. The van der Waals surface area contributed by atoms with Gasteiger partial charge in [-0.3, -0.25) is 14.2 Å². The van der Waals surface area contributed by atoms with Crippen LogP contribution in [0.4, 0.5) is 0 Å². The van der Waals surface area contributed by atoms with Crippen molar-refractivity contribution in [1.29, 1.82) is 0 Å². The topological polar surface area (TPSA) is 73.7 Å². The van der Waals surface area contributed by atoms with Crippen LogP contribution in [0, 0.1) is 13.8 Å². The van der Waals surface area contributed by atoms with Gasteiger partial charge in [0.15, 0.2) is 11.5 Å². The van der Waals surface area contributed by atoms with E-state index in [0.29, 0.717) is 36.5 Å². The number of aryl methyl sites for hydroxylation is 3. The Morgan fingerprint density at radius 2 is 1.93 bits per heavy atom. The molecule has 2 aromatic heterocycles. The molecule has 8 heteroatoms. The first-order valence-corrected chi connectivity index (χ1v) is 10.6. The number of benzene rings is 1. The van der Waals surface area contributed by atoms with Crippen molar-refractivity contribution in [3.8, 4) is 11.5 Å². The van der Waals surface area contributed by atoms with Gasteiger partial charge in [0.1, 0.15) is 4.83 Å². The Hall–Kier alpha value is -2.87. The third kappa shape index (κ3) is 4.33. The monoisotopic (exact) mass is 429 g/mol. The van der Waals surface area contributed by atoms with Crippen LogP contribution in [0.5, 0.6) is 11.5 Å². The van der Waals surface area contributed by atoms with E-state index in [0.717, 1.165) is 20.8 Å². The van der Waals surface area contributed by atoms with Gasteiger partial charge in [-0.15, -0.1) is 11.3 Å². The maximum Gasteiger partial charge on any atom is 0.262 e. The highest BCUT2D eigenvalue weighted by atomic mass is 32.1. The molecule has 0 aliphatic heterocycles. The molecule has 1 aromatic carbocycles. The van der Waals surface area contributed by atoms with Gasteiger partial charge < -0.3 is 14.4 Å². The molecule has 30 heavy (non-hydrogen) atoms.